The molecule has 5 nitrogen and oxygen atoms in total. The summed E-state index contributed by atoms with van der Waals surface area (Å²) in [7, 11) is 0. The Morgan fingerprint density at radius 1 is 1.40 bits per heavy atom. The zero-order valence-electron chi connectivity index (χ0n) is 12.3. The number of nitrogens with zero attached hydrogens (tertiary/aromatic N) is 2. The normalized spacial score (nSPS) is 17.3. The van der Waals surface area contributed by atoms with Crippen molar-refractivity contribution in [2.45, 2.75) is 6.04 Å². The second kappa shape index (κ2) is 7.30. The van der Waals surface area contributed by atoms with Crippen LogP contribution in [-0.2, 0) is 4.79 Å². The van der Waals surface area contributed by atoms with E-state index in [2.05, 4.69) is 47.2 Å². The van der Waals surface area contributed by atoms with E-state index in [0.29, 0.717) is 16.5 Å². The summed E-state index contributed by atoms with van der Waals surface area (Å²) in [5, 5.41) is 15.1. The quantitative estimate of drug-likeness (QED) is 0.499. The van der Waals surface area contributed by atoms with Crippen molar-refractivity contribution in [2.75, 3.05) is 5.33 Å². The number of amidine groups is 1. The van der Waals surface area contributed by atoms with Crippen LogP contribution in [0.2, 0.25) is 0 Å². The van der Waals surface area contributed by atoms with E-state index < -0.39 is 23.6 Å². The van der Waals surface area contributed by atoms with Gasteiger partial charge in [-0.1, -0.05) is 22.0 Å². The molecule has 2 heterocycles. The first-order valence-corrected chi connectivity index (χ1v) is 9.63. The van der Waals surface area contributed by atoms with Gasteiger partial charge in [0.05, 0.1) is 10.0 Å². The van der Waals surface area contributed by atoms with Gasteiger partial charge in [-0.25, -0.2) is 18.6 Å². The van der Waals surface area contributed by atoms with E-state index >= 15 is 0 Å². The molecule has 1 atom stereocenters. The Morgan fingerprint density at radius 3 is 2.76 bits per heavy atom. The molecule has 25 heavy (non-hydrogen) atoms. The maximum Gasteiger partial charge on any atom is 0.335 e. The molecular formula is C15H9Br2F2N3O2S. The minimum absolute atomic E-state index is 0.0520. The number of halogens is 4. The van der Waals surface area contributed by atoms with E-state index in [9.17, 15) is 18.7 Å². The van der Waals surface area contributed by atoms with E-state index in [1.54, 1.807) is 11.6 Å². The predicted molar refractivity (Wildman–Crippen MR) is 97.0 cm³/mol. The molecule has 0 fully saturated rings. The van der Waals surface area contributed by atoms with Gasteiger partial charge < -0.3 is 10.4 Å². The Bertz CT molecular complexity index is 900. The van der Waals surface area contributed by atoms with Gasteiger partial charge in [-0.15, -0.1) is 11.3 Å². The highest BCUT2D eigenvalue weighted by atomic mass is 79.9. The topological polar surface area (TPSA) is 74.6 Å². The van der Waals surface area contributed by atoms with Crippen LogP contribution in [-0.4, -0.2) is 27.2 Å². The molecule has 0 aliphatic carbocycles. The summed E-state index contributed by atoms with van der Waals surface area (Å²) in [6.45, 7) is 0. The van der Waals surface area contributed by atoms with Crippen LogP contribution in [0.1, 0.15) is 16.6 Å². The molecule has 0 saturated heterocycles. The van der Waals surface area contributed by atoms with Gasteiger partial charge in [0.2, 0.25) is 0 Å². The van der Waals surface area contributed by atoms with E-state index in [1.165, 1.54) is 17.4 Å². The van der Waals surface area contributed by atoms with Crippen LogP contribution in [0.4, 0.5) is 8.78 Å². The summed E-state index contributed by atoms with van der Waals surface area (Å²) in [5.74, 6) is -2.95. The molecule has 0 bridgehead atoms. The molecule has 0 saturated carbocycles. The predicted octanol–water partition coefficient (Wildman–Crippen LogP) is 4.01. The average Bonchev–Trinajstić information content (AvgIpc) is 3.13. The fourth-order valence-corrected chi connectivity index (χ4v) is 3.95. The number of thiazole rings is 1. The molecule has 1 aliphatic heterocycles. The lowest BCUT2D eigenvalue weighted by atomic mass is 9.96. The van der Waals surface area contributed by atoms with Crippen molar-refractivity contribution < 1.29 is 18.7 Å². The van der Waals surface area contributed by atoms with Gasteiger partial charge in [-0.3, -0.25) is 4.99 Å². The number of allylic oxidation sites excluding steroid dienone is 1. The first kappa shape index (κ1) is 18.2. The molecule has 1 aliphatic rings. The summed E-state index contributed by atoms with van der Waals surface area (Å²) < 4.78 is 27.2. The van der Waals surface area contributed by atoms with Crippen LogP contribution < -0.4 is 5.32 Å². The third-order valence-corrected chi connectivity index (χ3v) is 5.63. The highest BCUT2D eigenvalue weighted by Crippen LogP contribution is 2.37. The van der Waals surface area contributed by atoms with Crippen LogP contribution in [0.25, 0.3) is 0 Å². The summed E-state index contributed by atoms with van der Waals surface area (Å²) in [6, 6.07) is 1.24. The van der Waals surface area contributed by atoms with Gasteiger partial charge in [-0.2, -0.15) is 0 Å². The number of carboxylic acids is 1. The van der Waals surface area contributed by atoms with Crippen molar-refractivity contribution >= 4 is 55.0 Å². The van der Waals surface area contributed by atoms with Crippen LogP contribution in [0.3, 0.4) is 0 Å². The lowest BCUT2D eigenvalue weighted by molar-refractivity contribution is -0.133. The Morgan fingerprint density at radius 2 is 2.16 bits per heavy atom. The lowest BCUT2D eigenvalue weighted by Gasteiger charge is -2.26. The van der Waals surface area contributed by atoms with Gasteiger partial charge in [0.25, 0.3) is 0 Å². The molecular weight excluding hydrogens is 484 g/mol. The molecule has 130 valence electrons. The number of rotatable bonds is 4. The van der Waals surface area contributed by atoms with Crippen LogP contribution in [0.5, 0.6) is 0 Å². The SMILES string of the molecule is O=C(O)C1=C(CBr)NC(c2nccs2)=N[C@H]1c1ccc(F)c(F)c1Br. The number of aliphatic carboxylic acids is 1. The number of carbonyl (C=O) groups is 1. The van der Waals surface area contributed by atoms with Crippen molar-refractivity contribution in [3.05, 3.63) is 61.7 Å². The maximum absolute atomic E-state index is 14.0. The number of aromatic nitrogens is 1. The molecule has 0 radical (unpaired) electrons. The summed E-state index contributed by atoms with van der Waals surface area (Å²) in [5.41, 5.74) is 0.531. The second-order valence-electron chi connectivity index (χ2n) is 4.94. The Labute approximate surface area is 161 Å². The van der Waals surface area contributed by atoms with Crippen molar-refractivity contribution in [2.24, 2.45) is 4.99 Å². The van der Waals surface area contributed by atoms with Gasteiger partial charge >= 0.3 is 5.97 Å². The fourth-order valence-electron chi connectivity index (χ4n) is 2.38. The van der Waals surface area contributed by atoms with Gasteiger partial charge in [0, 0.05) is 22.6 Å². The number of benzene rings is 1. The number of aliphatic imine (C=N–C) groups is 1. The zero-order valence-corrected chi connectivity index (χ0v) is 16.3. The molecule has 1 aromatic heterocycles. The van der Waals surface area contributed by atoms with Gasteiger partial charge in [0.1, 0.15) is 6.04 Å². The lowest BCUT2D eigenvalue weighted by Crippen LogP contribution is -2.34. The van der Waals surface area contributed by atoms with E-state index in [0.717, 1.165) is 6.07 Å². The molecule has 0 unspecified atom stereocenters. The third-order valence-electron chi connectivity index (χ3n) is 3.48. The van der Waals surface area contributed by atoms with Crippen LogP contribution in [0.15, 0.2) is 44.4 Å². The molecule has 0 spiro atoms. The van der Waals surface area contributed by atoms with Crippen molar-refractivity contribution in [1.29, 1.82) is 0 Å². The van der Waals surface area contributed by atoms with E-state index in [1.807, 2.05) is 0 Å². The first-order valence-electron chi connectivity index (χ1n) is 6.84. The number of hydrogen-bond acceptors (Lipinski definition) is 5. The molecule has 10 heteroatoms. The zero-order chi connectivity index (χ0) is 18.1. The van der Waals surface area contributed by atoms with E-state index in [-0.39, 0.29) is 20.9 Å². The minimum Gasteiger partial charge on any atom is -0.478 e. The Kier molecular flexibility index (Phi) is 5.30. The maximum atomic E-state index is 14.0. The number of carboxylic acid groups (broad SMARTS) is 1. The summed E-state index contributed by atoms with van der Waals surface area (Å²) in [4.78, 5) is 20.3. The highest BCUT2D eigenvalue weighted by Gasteiger charge is 2.33. The van der Waals surface area contributed by atoms with Gasteiger partial charge in [0.15, 0.2) is 22.5 Å². The molecule has 2 aromatic rings. The molecule has 1 aromatic carbocycles. The number of alkyl halides is 1. The molecule has 0 amide bonds. The Balaban J connectivity index is 2.20. The number of nitrogens with one attached hydrogen (secondary N) is 1. The largest absolute Gasteiger partial charge is 0.478 e. The smallest absolute Gasteiger partial charge is 0.335 e. The Hall–Kier alpha value is -1.65. The van der Waals surface area contributed by atoms with Crippen LogP contribution >= 0.6 is 43.2 Å². The second-order valence-corrected chi connectivity index (χ2v) is 7.19. The summed E-state index contributed by atoms with van der Waals surface area (Å²) in [6.07, 6.45) is 1.59. The average molecular weight is 493 g/mol. The minimum atomic E-state index is -1.20. The molecule has 2 N–H and O–H groups in total. The van der Waals surface area contributed by atoms with Crippen molar-refractivity contribution in [1.82, 2.24) is 10.3 Å². The van der Waals surface area contributed by atoms with Gasteiger partial charge in [-0.05, 0) is 27.6 Å². The van der Waals surface area contributed by atoms with Crippen molar-refractivity contribution in [3.8, 4) is 0 Å². The number of hydrogen-bond donors (Lipinski definition) is 2. The third kappa shape index (κ3) is 3.38. The molecule has 3 rings (SSSR count). The highest BCUT2D eigenvalue weighted by molar-refractivity contribution is 9.10. The first-order chi connectivity index (χ1) is 11.9. The van der Waals surface area contributed by atoms with Crippen LogP contribution in [0, 0.1) is 11.6 Å². The fraction of sp³-hybridized carbons (Fsp3) is 0.133. The monoisotopic (exact) mass is 491 g/mol. The van der Waals surface area contributed by atoms with Crippen molar-refractivity contribution in [3.63, 3.8) is 0 Å². The summed E-state index contributed by atoms with van der Waals surface area (Å²) >= 11 is 7.59. The van der Waals surface area contributed by atoms with E-state index in [4.69, 9.17) is 0 Å². The standard InChI is InChI=1S/C15H9Br2F2N3O2S/c16-5-8-9(15(23)24)12(6-1-2-7(18)11(19)10(6)17)22-13(21-8)14-20-3-4-25-14/h1-4,12H,5H2,(H,21,22)(H,23,24)/t12-/m0/s1.